The van der Waals surface area contributed by atoms with Crippen molar-refractivity contribution in [2.24, 2.45) is 40.4 Å². The topological polar surface area (TPSA) is 15.3 Å². The van der Waals surface area contributed by atoms with E-state index in [4.69, 9.17) is 0 Å². The van der Waals surface area contributed by atoms with Crippen LogP contribution >= 0.6 is 0 Å². The Bertz CT molecular complexity index is 836. The van der Waals surface area contributed by atoms with Gasteiger partial charge in [0.25, 0.3) is 0 Å². The third-order valence-electron chi connectivity index (χ3n) is 11.6. The molecule has 1 aliphatic heterocycles. The normalized spacial score (nSPS) is 44.9. The molecule has 0 bridgehead atoms. The molecule has 0 aromatic rings. The average Bonchev–Trinajstić information content (AvgIpc) is 3.15. The number of hydrogen-bond donors (Lipinski definition) is 1. The van der Waals surface area contributed by atoms with Crippen molar-refractivity contribution in [3.8, 4) is 0 Å². The number of rotatable bonds is 4. The molecule has 4 aliphatic carbocycles. The van der Waals surface area contributed by atoms with Crippen LogP contribution in [0.3, 0.4) is 0 Å². The minimum atomic E-state index is 0.508. The summed E-state index contributed by atoms with van der Waals surface area (Å²) >= 11 is 0. The largest absolute Gasteiger partial charge is 0.317 e. The van der Waals surface area contributed by atoms with Crippen LogP contribution in [0, 0.1) is 40.4 Å². The van der Waals surface area contributed by atoms with E-state index in [9.17, 15) is 0 Å². The zero-order chi connectivity index (χ0) is 23.4. The number of hydrogen-bond acceptors (Lipinski definition) is 2. The van der Waals surface area contributed by atoms with Gasteiger partial charge in [0.1, 0.15) is 0 Å². The molecule has 184 valence electrons. The van der Waals surface area contributed by atoms with Crippen LogP contribution in [-0.2, 0) is 0 Å². The molecule has 0 spiro atoms. The van der Waals surface area contributed by atoms with Crippen molar-refractivity contribution < 1.29 is 0 Å². The highest BCUT2D eigenvalue weighted by atomic mass is 15.1. The van der Waals surface area contributed by atoms with Crippen LogP contribution in [0.25, 0.3) is 0 Å². The van der Waals surface area contributed by atoms with Crippen molar-refractivity contribution in [1.82, 2.24) is 10.2 Å². The molecule has 0 amide bonds. The van der Waals surface area contributed by atoms with Gasteiger partial charge in [-0.1, -0.05) is 50.1 Å². The van der Waals surface area contributed by atoms with Gasteiger partial charge in [-0.05, 0) is 125 Å². The quantitative estimate of drug-likeness (QED) is 0.464. The molecule has 2 heteroatoms. The van der Waals surface area contributed by atoms with Gasteiger partial charge in [-0.15, -0.1) is 0 Å². The lowest BCUT2D eigenvalue weighted by Gasteiger charge is -2.58. The molecule has 0 aromatic carbocycles. The van der Waals surface area contributed by atoms with Crippen LogP contribution in [0.5, 0.6) is 0 Å². The van der Waals surface area contributed by atoms with Crippen molar-refractivity contribution in [3.63, 3.8) is 0 Å². The van der Waals surface area contributed by atoms with E-state index in [2.05, 4.69) is 70.2 Å². The molecular formula is C31H50N2. The van der Waals surface area contributed by atoms with Crippen LogP contribution in [0.4, 0.5) is 0 Å². The van der Waals surface area contributed by atoms with Gasteiger partial charge in [0.15, 0.2) is 0 Å². The maximum absolute atomic E-state index is 3.60. The number of allylic oxidation sites excluding steroid dienone is 4. The molecule has 4 unspecified atom stereocenters. The van der Waals surface area contributed by atoms with Crippen molar-refractivity contribution in [2.75, 3.05) is 27.2 Å². The molecule has 0 radical (unpaired) electrons. The summed E-state index contributed by atoms with van der Waals surface area (Å²) in [6, 6.07) is 0.749. The molecule has 2 nitrogen and oxygen atoms in total. The SMILES string of the molecule is CNC1CC[C@@]2(C)C(CC=C3C2CC[C@@]2(C)C3CC[C@@H]2[C@H](C)/C=C/C2=C(C)CN(C)CC2)C1. The Balaban J connectivity index is 1.33. The summed E-state index contributed by atoms with van der Waals surface area (Å²) in [4.78, 5) is 2.45. The summed E-state index contributed by atoms with van der Waals surface area (Å²) in [5.74, 6) is 4.14. The van der Waals surface area contributed by atoms with E-state index in [0.29, 0.717) is 16.7 Å². The van der Waals surface area contributed by atoms with Crippen molar-refractivity contribution >= 4 is 0 Å². The van der Waals surface area contributed by atoms with E-state index in [1.54, 1.807) is 11.1 Å². The number of fused-ring (bicyclic) bond motifs is 5. The van der Waals surface area contributed by atoms with Crippen LogP contribution in [-0.4, -0.2) is 38.1 Å². The zero-order valence-corrected chi connectivity index (χ0v) is 22.4. The van der Waals surface area contributed by atoms with Gasteiger partial charge >= 0.3 is 0 Å². The fraction of sp³-hybridized carbons (Fsp3) is 0.806. The van der Waals surface area contributed by atoms with Gasteiger partial charge in [-0.2, -0.15) is 0 Å². The first-order chi connectivity index (χ1) is 15.8. The van der Waals surface area contributed by atoms with Crippen molar-refractivity contribution in [1.29, 1.82) is 0 Å². The maximum Gasteiger partial charge on any atom is 0.0193 e. The summed E-state index contributed by atoms with van der Waals surface area (Å²) < 4.78 is 0. The van der Waals surface area contributed by atoms with Gasteiger partial charge in [-0.3, -0.25) is 0 Å². The van der Waals surface area contributed by atoms with Gasteiger partial charge in [0.05, 0.1) is 0 Å². The molecule has 33 heavy (non-hydrogen) atoms. The Morgan fingerprint density at radius 1 is 1.09 bits per heavy atom. The van der Waals surface area contributed by atoms with Gasteiger partial charge in [0.2, 0.25) is 0 Å². The Morgan fingerprint density at radius 3 is 2.61 bits per heavy atom. The molecule has 1 N–H and O–H groups in total. The predicted molar refractivity (Wildman–Crippen MR) is 141 cm³/mol. The zero-order valence-electron chi connectivity index (χ0n) is 22.4. The number of likely N-dealkylation sites (N-methyl/N-ethyl adjacent to an activating group) is 1. The third-order valence-corrected chi connectivity index (χ3v) is 11.6. The highest BCUT2D eigenvalue weighted by Crippen LogP contribution is 2.66. The fourth-order valence-corrected chi connectivity index (χ4v) is 9.42. The van der Waals surface area contributed by atoms with Gasteiger partial charge in [0, 0.05) is 19.1 Å². The summed E-state index contributed by atoms with van der Waals surface area (Å²) in [6.45, 7) is 12.6. The van der Waals surface area contributed by atoms with E-state index in [1.807, 2.05) is 5.57 Å². The lowest BCUT2D eigenvalue weighted by atomic mass is 9.47. The molecule has 5 aliphatic rings. The van der Waals surface area contributed by atoms with E-state index < -0.39 is 0 Å². The van der Waals surface area contributed by atoms with Crippen LogP contribution < -0.4 is 5.32 Å². The lowest BCUT2D eigenvalue weighted by Crippen LogP contribution is -2.51. The Hall–Kier alpha value is -0.860. The first-order valence-corrected chi connectivity index (χ1v) is 14.2. The molecule has 0 aromatic heterocycles. The Kier molecular flexibility index (Phi) is 6.49. The standard InChI is InChI=1S/C31H50N2/c1-21(7-8-23-15-18-33(6)20-22(23)2)27-11-12-28-26-10-9-24-19-25(32-5)13-16-30(24,3)29(26)14-17-31(27,28)4/h7-8,10,21,24-25,27-29,32H,9,11-20H2,1-6H3/b8-7+/t21-,24?,25?,27-,28?,29?,30+,31-/m1/s1. The second-order valence-electron chi connectivity index (χ2n) is 13.2. The molecule has 8 atom stereocenters. The summed E-state index contributed by atoms with van der Waals surface area (Å²) in [7, 11) is 4.42. The van der Waals surface area contributed by atoms with Crippen LogP contribution in [0.1, 0.15) is 85.5 Å². The average molecular weight is 451 g/mol. The first kappa shape index (κ1) is 23.9. The number of nitrogens with one attached hydrogen (secondary N) is 1. The fourth-order valence-electron chi connectivity index (χ4n) is 9.42. The van der Waals surface area contributed by atoms with E-state index >= 15 is 0 Å². The molecule has 3 fully saturated rings. The van der Waals surface area contributed by atoms with E-state index in [1.165, 1.54) is 64.3 Å². The Morgan fingerprint density at radius 2 is 1.85 bits per heavy atom. The minimum Gasteiger partial charge on any atom is -0.317 e. The molecule has 5 rings (SSSR count). The number of nitrogens with zero attached hydrogens (tertiary/aromatic N) is 1. The predicted octanol–water partition coefficient (Wildman–Crippen LogP) is 7.00. The molecule has 3 saturated carbocycles. The monoisotopic (exact) mass is 450 g/mol. The van der Waals surface area contributed by atoms with Crippen molar-refractivity contribution in [2.45, 2.75) is 91.5 Å². The Labute approximate surface area is 204 Å². The highest BCUT2D eigenvalue weighted by Gasteiger charge is 2.57. The second kappa shape index (κ2) is 8.98. The van der Waals surface area contributed by atoms with Gasteiger partial charge in [-0.25, -0.2) is 0 Å². The van der Waals surface area contributed by atoms with E-state index in [0.717, 1.165) is 36.3 Å². The first-order valence-electron chi connectivity index (χ1n) is 14.2. The summed E-state index contributed by atoms with van der Waals surface area (Å²) in [5.41, 5.74) is 6.16. The summed E-state index contributed by atoms with van der Waals surface area (Å²) in [6.07, 6.45) is 20.4. The minimum absolute atomic E-state index is 0.508. The maximum atomic E-state index is 3.60. The third kappa shape index (κ3) is 4.02. The molecule has 1 heterocycles. The van der Waals surface area contributed by atoms with Crippen LogP contribution in [0.2, 0.25) is 0 Å². The molecular weight excluding hydrogens is 400 g/mol. The highest BCUT2D eigenvalue weighted by molar-refractivity contribution is 5.30. The summed E-state index contributed by atoms with van der Waals surface area (Å²) in [5, 5.41) is 3.60. The van der Waals surface area contributed by atoms with E-state index in [-0.39, 0.29) is 0 Å². The lowest BCUT2D eigenvalue weighted by molar-refractivity contribution is -0.0117. The van der Waals surface area contributed by atoms with Crippen molar-refractivity contribution in [3.05, 3.63) is 34.9 Å². The van der Waals surface area contributed by atoms with Crippen LogP contribution in [0.15, 0.2) is 34.9 Å². The second-order valence-corrected chi connectivity index (χ2v) is 13.2. The smallest absolute Gasteiger partial charge is 0.0193 e. The molecule has 0 saturated heterocycles. The van der Waals surface area contributed by atoms with Gasteiger partial charge < -0.3 is 10.2 Å².